The number of nitrogens with zero attached hydrogens (tertiary/aromatic N) is 3. The van der Waals surface area contributed by atoms with Gasteiger partial charge in [0.2, 0.25) is 0 Å². The van der Waals surface area contributed by atoms with Gasteiger partial charge in [0.15, 0.2) is 16.8 Å². The summed E-state index contributed by atoms with van der Waals surface area (Å²) in [5.41, 5.74) is 9.74. The summed E-state index contributed by atoms with van der Waals surface area (Å²) in [6, 6.07) is 15.9. The zero-order valence-corrected chi connectivity index (χ0v) is 14.3. The van der Waals surface area contributed by atoms with E-state index in [4.69, 9.17) is 5.73 Å². The van der Waals surface area contributed by atoms with Gasteiger partial charge in [0.05, 0.1) is 10.2 Å². The monoisotopic (exact) mass is 348 g/mol. The minimum Gasteiger partial charge on any atom is -0.393 e. The molecule has 124 valence electrons. The first-order chi connectivity index (χ1) is 12.2. The molecule has 0 saturated heterocycles. The molecular formula is C18H16N6S. The summed E-state index contributed by atoms with van der Waals surface area (Å²) in [5, 5.41) is 7.14. The van der Waals surface area contributed by atoms with Gasteiger partial charge in [-0.25, -0.2) is 15.0 Å². The van der Waals surface area contributed by atoms with E-state index in [2.05, 4.69) is 38.6 Å². The molecule has 2 aromatic carbocycles. The Bertz CT molecular complexity index is 1030. The van der Waals surface area contributed by atoms with Crippen LogP contribution in [0.4, 0.5) is 28.1 Å². The molecule has 25 heavy (non-hydrogen) atoms. The molecule has 0 atom stereocenters. The van der Waals surface area contributed by atoms with Crippen molar-refractivity contribution in [2.45, 2.75) is 6.92 Å². The molecule has 6 nitrogen and oxygen atoms in total. The van der Waals surface area contributed by atoms with Crippen molar-refractivity contribution in [3.8, 4) is 0 Å². The van der Waals surface area contributed by atoms with E-state index in [0.717, 1.165) is 21.0 Å². The minimum atomic E-state index is 0.446. The molecule has 7 heteroatoms. The first-order valence-electron chi connectivity index (χ1n) is 7.76. The molecule has 0 unspecified atom stereocenters. The third-order valence-electron chi connectivity index (χ3n) is 3.69. The number of nitrogens with one attached hydrogen (secondary N) is 2. The van der Waals surface area contributed by atoms with Gasteiger partial charge in [-0.3, -0.25) is 0 Å². The van der Waals surface area contributed by atoms with E-state index in [1.165, 1.54) is 11.9 Å². The maximum absolute atomic E-state index is 6.22. The summed E-state index contributed by atoms with van der Waals surface area (Å²) in [6.07, 6.45) is 1.47. The molecule has 0 aliphatic carbocycles. The van der Waals surface area contributed by atoms with Crippen LogP contribution < -0.4 is 16.4 Å². The highest BCUT2D eigenvalue weighted by Gasteiger charge is 2.11. The molecule has 2 aromatic heterocycles. The average molecular weight is 348 g/mol. The quantitative estimate of drug-likeness (QED) is 0.504. The molecule has 0 aliphatic heterocycles. The van der Waals surface area contributed by atoms with Crippen molar-refractivity contribution in [2.75, 3.05) is 16.4 Å². The van der Waals surface area contributed by atoms with E-state index in [1.54, 1.807) is 11.3 Å². The fraction of sp³-hybridized carbons (Fsp3) is 0.0556. The van der Waals surface area contributed by atoms with Crippen LogP contribution in [0.25, 0.3) is 10.2 Å². The van der Waals surface area contributed by atoms with Crippen molar-refractivity contribution in [1.29, 1.82) is 0 Å². The van der Waals surface area contributed by atoms with E-state index >= 15 is 0 Å². The van der Waals surface area contributed by atoms with Crippen LogP contribution in [0.15, 0.2) is 54.9 Å². The van der Waals surface area contributed by atoms with Crippen LogP contribution in [-0.4, -0.2) is 15.0 Å². The highest BCUT2D eigenvalue weighted by molar-refractivity contribution is 7.22. The lowest BCUT2D eigenvalue weighted by Crippen LogP contribution is -2.05. The Morgan fingerprint density at radius 1 is 0.960 bits per heavy atom. The number of anilines is 5. The predicted octanol–water partition coefficient (Wildman–Crippen LogP) is 4.46. The average Bonchev–Trinajstić information content (AvgIpc) is 3.01. The SMILES string of the molecule is Cc1ccc2nc(Nc3ncnc(Nc4ccccc4)c3N)sc2c1. The largest absolute Gasteiger partial charge is 0.393 e. The molecule has 2 heterocycles. The van der Waals surface area contributed by atoms with Crippen LogP contribution in [0.2, 0.25) is 0 Å². The number of hydrogen-bond donors (Lipinski definition) is 3. The fourth-order valence-corrected chi connectivity index (χ4v) is 3.40. The number of hydrogen-bond acceptors (Lipinski definition) is 7. The van der Waals surface area contributed by atoms with Gasteiger partial charge in [0, 0.05) is 5.69 Å². The third kappa shape index (κ3) is 3.22. The fourth-order valence-electron chi connectivity index (χ4n) is 2.44. The maximum atomic E-state index is 6.22. The lowest BCUT2D eigenvalue weighted by Gasteiger charge is -2.11. The van der Waals surface area contributed by atoms with Crippen LogP contribution in [-0.2, 0) is 0 Å². The van der Waals surface area contributed by atoms with E-state index in [0.29, 0.717) is 17.3 Å². The van der Waals surface area contributed by atoms with Gasteiger partial charge in [-0.05, 0) is 36.8 Å². The van der Waals surface area contributed by atoms with E-state index in [-0.39, 0.29) is 0 Å². The minimum absolute atomic E-state index is 0.446. The molecule has 4 aromatic rings. The van der Waals surface area contributed by atoms with Gasteiger partial charge in [0.1, 0.15) is 12.0 Å². The van der Waals surface area contributed by atoms with Crippen LogP contribution in [0, 0.1) is 6.92 Å². The second-order valence-electron chi connectivity index (χ2n) is 5.59. The highest BCUT2D eigenvalue weighted by atomic mass is 32.1. The normalized spacial score (nSPS) is 10.8. The van der Waals surface area contributed by atoms with Crippen LogP contribution in [0.3, 0.4) is 0 Å². The predicted molar refractivity (Wildman–Crippen MR) is 104 cm³/mol. The van der Waals surface area contributed by atoms with Crippen LogP contribution in [0.1, 0.15) is 5.56 Å². The second kappa shape index (κ2) is 6.37. The molecule has 0 aliphatic rings. The Morgan fingerprint density at radius 2 is 1.72 bits per heavy atom. The number of rotatable bonds is 4. The molecule has 4 N–H and O–H groups in total. The lowest BCUT2D eigenvalue weighted by molar-refractivity contribution is 1.17. The number of para-hydroxylation sites is 1. The molecule has 0 radical (unpaired) electrons. The van der Waals surface area contributed by atoms with E-state index in [9.17, 15) is 0 Å². The van der Waals surface area contributed by atoms with Crippen molar-refractivity contribution >= 4 is 49.7 Å². The van der Waals surface area contributed by atoms with E-state index in [1.807, 2.05) is 42.5 Å². The smallest absolute Gasteiger partial charge is 0.189 e. The van der Waals surface area contributed by atoms with Gasteiger partial charge in [0.25, 0.3) is 0 Å². The topological polar surface area (TPSA) is 88.8 Å². The summed E-state index contributed by atoms with van der Waals surface area (Å²) < 4.78 is 1.12. The summed E-state index contributed by atoms with van der Waals surface area (Å²) in [4.78, 5) is 13.0. The number of nitrogen functional groups attached to an aromatic ring is 1. The van der Waals surface area contributed by atoms with Crippen molar-refractivity contribution < 1.29 is 0 Å². The Hall–Kier alpha value is -3.19. The van der Waals surface area contributed by atoms with Crippen molar-refractivity contribution in [3.63, 3.8) is 0 Å². The maximum Gasteiger partial charge on any atom is 0.189 e. The van der Waals surface area contributed by atoms with Gasteiger partial charge < -0.3 is 16.4 Å². The van der Waals surface area contributed by atoms with Crippen molar-refractivity contribution in [2.24, 2.45) is 0 Å². The lowest BCUT2D eigenvalue weighted by atomic mass is 10.2. The standard InChI is InChI=1S/C18H16N6S/c1-11-7-8-13-14(9-11)25-18(23-13)24-17-15(19)16(20-10-21-17)22-12-5-3-2-4-6-12/h2-10H,19H2,1H3,(H2,20,21,22,23,24). The molecule has 0 spiro atoms. The Morgan fingerprint density at radius 3 is 2.52 bits per heavy atom. The Kier molecular flexibility index (Phi) is 3.91. The van der Waals surface area contributed by atoms with Gasteiger partial charge in [-0.2, -0.15) is 0 Å². The molecule has 0 saturated carbocycles. The Labute approximate surface area is 148 Å². The van der Waals surface area contributed by atoms with Crippen LogP contribution in [0.5, 0.6) is 0 Å². The van der Waals surface area contributed by atoms with Gasteiger partial charge in [-0.1, -0.05) is 35.6 Å². The second-order valence-corrected chi connectivity index (χ2v) is 6.62. The number of nitrogens with two attached hydrogens (primary N) is 1. The van der Waals surface area contributed by atoms with Crippen molar-refractivity contribution in [3.05, 3.63) is 60.4 Å². The first kappa shape index (κ1) is 15.3. The molecule has 0 fully saturated rings. The summed E-state index contributed by atoms with van der Waals surface area (Å²) >= 11 is 1.57. The summed E-state index contributed by atoms with van der Waals surface area (Å²) in [6.45, 7) is 2.07. The number of fused-ring (bicyclic) bond motifs is 1. The Balaban J connectivity index is 1.62. The summed E-state index contributed by atoms with van der Waals surface area (Å²) in [7, 11) is 0. The van der Waals surface area contributed by atoms with E-state index < -0.39 is 0 Å². The third-order valence-corrected chi connectivity index (χ3v) is 4.62. The number of benzene rings is 2. The number of thiazole rings is 1. The molecule has 0 amide bonds. The zero-order chi connectivity index (χ0) is 17.2. The van der Waals surface area contributed by atoms with Gasteiger partial charge >= 0.3 is 0 Å². The van der Waals surface area contributed by atoms with Gasteiger partial charge in [-0.15, -0.1) is 0 Å². The first-order valence-corrected chi connectivity index (χ1v) is 8.57. The number of aryl methyl sites for hydroxylation is 1. The zero-order valence-electron chi connectivity index (χ0n) is 13.5. The van der Waals surface area contributed by atoms with Crippen molar-refractivity contribution in [1.82, 2.24) is 15.0 Å². The summed E-state index contributed by atoms with van der Waals surface area (Å²) in [5.74, 6) is 1.09. The molecule has 0 bridgehead atoms. The van der Waals surface area contributed by atoms with Crippen LogP contribution >= 0.6 is 11.3 Å². The molecular weight excluding hydrogens is 332 g/mol. The highest BCUT2D eigenvalue weighted by Crippen LogP contribution is 2.32. The molecule has 4 rings (SSSR count). The number of aromatic nitrogens is 3.